The number of nitrogen functional groups attached to an aromatic ring is 1. The Labute approximate surface area is 111 Å². The highest BCUT2D eigenvalue weighted by molar-refractivity contribution is 6.31. The third-order valence-electron chi connectivity index (χ3n) is 3.06. The van der Waals surface area contributed by atoms with Crippen LogP contribution in [0.3, 0.4) is 0 Å². The summed E-state index contributed by atoms with van der Waals surface area (Å²) in [5.74, 6) is -0.0120. The zero-order valence-electron chi connectivity index (χ0n) is 10.4. The number of benzene rings is 1. The number of nitrogens with zero attached hydrogens (tertiary/aromatic N) is 2. The molecule has 3 nitrogen and oxygen atoms in total. The Morgan fingerprint density at radius 2 is 2.11 bits per heavy atom. The van der Waals surface area contributed by atoms with Crippen LogP contribution in [0.5, 0.6) is 0 Å². The third-order valence-corrected chi connectivity index (χ3v) is 3.34. The van der Waals surface area contributed by atoms with Gasteiger partial charge in [0.25, 0.3) is 0 Å². The van der Waals surface area contributed by atoms with Crippen molar-refractivity contribution in [3.8, 4) is 0 Å². The zero-order chi connectivity index (χ0) is 13.1. The second kappa shape index (κ2) is 5.57. The predicted molar refractivity (Wildman–Crippen MR) is 73.3 cm³/mol. The summed E-state index contributed by atoms with van der Waals surface area (Å²) in [5.41, 5.74) is 7.22. The van der Waals surface area contributed by atoms with Crippen molar-refractivity contribution in [3.63, 3.8) is 0 Å². The number of fused-ring (bicyclic) bond motifs is 1. The molecule has 0 fully saturated rings. The maximum absolute atomic E-state index is 13.5. The van der Waals surface area contributed by atoms with E-state index in [2.05, 4.69) is 11.9 Å². The van der Waals surface area contributed by atoms with E-state index in [0.29, 0.717) is 17.0 Å². The van der Waals surface area contributed by atoms with Gasteiger partial charge >= 0.3 is 0 Å². The largest absolute Gasteiger partial charge is 0.369 e. The van der Waals surface area contributed by atoms with Crippen LogP contribution in [-0.2, 0) is 6.54 Å². The molecule has 1 aromatic carbocycles. The van der Waals surface area contributed by atoms with Crippen molar-refractivity contribution in [1.29, 1.82) is 0 Å². The lowest BCUT2D eigenvalue weighted by atomic mass is 10.2. The van der Waals surface area contributed by atoms with Crippen LogP contribution >= 0.6 is 11.6 Å². The maximum Gasteiger partial charge on any atom is 0.201 e. The van der Waals surface area contributed by atoms with Crippen molar-refractivity contribution in [1.82, 2.24) is 9.55 Å². The minimum absolute atomic E-state index is 0.0816. The average molecular weight is 270 g/mol. The number of aromatic nitrogens is 2. The summed E-state index contributed by atoms with van der Waals surface area (Å²) in [4.78, 5) is 4.20. The van der Waals surface area contributed by atoms with Crippen LogP contribution in [-0.4, -0.2) is 9.55 Å². The fourth-order valence-corrected chi connectivity index (χ4v) is 2.23. The van der Waals surface area contributed by atoms with E-state index in [9.17, 15) is 4.39 Å². The van der Waals surface area contributed by atoms with Crippen molar-refractivity contribution in [2.24, 2.45) is 0 Å². The summed E-state index contributed by atoms with van der Waals surface area (Å²) < 4.78 is 15.3. The zero-order valence-corrected chi connectivity index (χ0v) is 11.2. The summed E-state index contributed by atoms with van der Waals surface area (Å²) in [6.07, 6.45) is 4.55. The molecule has 2 aromatic rings. The molecule has 0 aliphatic heterocycles. The topological polar surface area (TPSA) is 43.8 Å². The molecule has 0 atom stereocenters. The first-order valence-corrected chi connectivity index (χ1v) is 6.62. The number of halogens is 2. The van der Waals surface area contributed by atoms with Crippen LogP contribution in [0.2, 0.25) is 5.02 Å². The standard InChI is InChI=1S/C13H17ClFN3/c1-2-3-4-5-6-18-12-8-10(15)9(14)7-11(12)17-13(18)16/h7-8H,2-6H2,1H3,(H2,16,17). The van der Waals surface area contributed by atoms with Gasteiger partial charge in [0.1, 0.15) is 5.82 Å². The molecule has 2 rings (SSSR count). The molecule has 0 bridgehead atoms. The van der Waals surface area contributed by atoms with Gasteiger partial charge in [-0.15, -0.1) is 0 Å². The van der Waals surface area contributed by atoms with Gasteiger partial charge in [0, 0.05) is 12.6 Å². The Balaban J connectivity index is 2.26. The number of nitrogens with two attached hydrogens (primary N) is 1. The van der Waals surface area contributed by atoms with E-state index in [1.807, 2.05) is 4.57 Å². The molecule has 0 aliphatic carbocycles. The minimum Gasteiger partial charge on any atom is -0.369 e. The van der Waals surface area contributed by atoms with Gasteiger partial charge in [-0.3, -0.25) is 0 Å². The molecular weight excluding hydrogens is 253 g/mol. The van der Waals surface area contributed by atoms with Crippen LogP contribution in [0.1, 0.15) is 32.6 Å². The molecule has 5 heteroatoms. The highest BCUT2D eigenvalue weighted by Crippen LogP contribution is 2.25. The molecular formula is C13H17ClFN3. The number of imidazole rings is 1. The molecule has 0 radical (unpaired) electrons. The Hall–Kier alpha value is -1.29. The van der Waals surface area contributed by atoms with Gasteiger partial charge in [-0.25, -0.2) is 9.37 Å². The summed E-state index contributed by atoms with van der Waals surface area (Å²) in [6.45, 7) is 2.93. The Morgan fingerprint density at radius 3 is 2.83 bits per heavy atom. The van der Waals surface area contributed by atoms with Crippen LogP contribution in [0, 0.1) is 5.82 Å². The van der Waals surface area contributed by atoms with Gasteiger partial charge in [0.2, 0.25) is 5.95 Å². The van der Waals surface area contributed by atoms with Crippen LogP contribution in [0.4, 0.5) is 10.3 Å². The van der Waals surface area contributed by atoms with E-state index in [4.69, 9.17) is 17.3 Å². The normalized spacial score (nSPS) is 11.3. The average Bonchev–Trinajstić information content (AvgIpc) is 2.62. The predicted octanol–water partition coefficient (Wildman–Crippen LogP) is 3.99. The van der Waals surface area contributed by atoms with Crippen molar-refractivity contribution in [2.45, 2.75) is 39.2 Å². The molecule has 0 saturated carbocycles. The Bertz CT molecular complexity index is 551. The third kappa shape index (κ3) is 2.58. The van der Waals surface area contributed by atoms with Crippen LogP contribution < -0.4 is 5.73 Å². The molecule has 1 heterocycles. The van der Waals surface area contributed by atoms with E-state index in [1.54, 1.807) is 0 Å². The molecule has 0 unspecified atom stereocenters. The lowest BCUT2D eigenvalue weighted by Gasteiger charge is -2.06. The first-order valence-electron chi connectivity index (χ1n) is 6.24. The molecule has 0 spiro atoms. The Morgan fingerprint density at radius 1 is 1.33 bits per heavy atom. The van der Waals surface area contributed by atoms with Gasteiger partial charge in [-0.05, 0) is 12.5 Å². The second-order valence-electron chi connectivity index (χ2n) is 4.44. The first kappa shape index (κ1) is 13.1. The van der Waals surface area contributed by atoms with Crippen molar-refractivity contribution >= 4 is 28.6 Å². The number of hydrogen-bond donors (Lipinski definition) is 1. The number of rotatable bonds is 5. The fourth-order valence-electron chi connectivity index (χ4n) is 2.07. The molecule has 0 amide bonds. The van der Waals surface area contributed by atoms with Gasteiger partial charge in [-0.2, -0.15) is 0 Å². The lowest BCUT2D eigenvalue weighted by Crippen LogP contribution is -2.03. The summed E-state index contributed by atoms with van der Waals surface area (Å²) in [5, 5.41) is 0.0816. The summed E-state index contributed by atoms with van der Waals surface area (Å²) in [7, 11) is 0. The second-order valence-corrected chi connectivity index (χ2v) is 4.84. The van der Waals surface area contributed by atoms with Gasteiger partial charge in [0.15, 0.2) is 0 Å². The Kier molecular flexibility index (Phi) is 4.07. The molecule has 2 N–H and O–H groups in total. The molecule has 98 valence electrons. The number of aryl methyl sites for hydroxylation is 1. The van der Waals surface area contributed by atoms with Gasteiger partial charge in [-0.1, -0.05) is 37.8 Å². The van der Waals surface area contributed by atoms with Crippen molar-refractivity contribution in [3.05, 3.63) is 23.0 Å². The number of hydrogen-bond acceptors (Lipinski definition) is 2. The molecule has 0 saturated heterocycles. The maximum atomic E-state index is 13.5. The quantitative estimate of drug-likeness (QED) is 0.834. The highest BCUT2D eigenvalue weighted by Gasteiger charge is 2.11. The number of unbranched alkanes of at least 4 members (excludes halogenated alkanes) is 3. The van der Waals surface area contributed by atoms with Crippen molar-refractivity contribution < 1.29 is 4.39 Å². The summed E-state index contributed by atoms with van der Waals surface area (Å²) in [6, 6.07) is 2.92. The number of anilines is 1. The minimum atomic E-state index is -0.432. The van der Waals surface area contributed by atoms with Crippen LogP contribution in [0.25, 0.3) is 11.0 Å². The first-order chi connectivity index (χ1) is 8.63. The SMILES string of the molecule is CCCCCCn1c(N)nc2cc(Cl)c(F)cc21. The van der Waals surface area contributed by atoms with E-state index in [1.165, 1.54) is 25.0 Å². The smallest absolute Gasteiger partial charge is 0.201 e. The molecule has 1 aromatic heterocycles. The molecule has 18 heavy (non-hydrogen) atoms. The van der Waals surface area contributed by atoms with Gasteiger partial charge < -0.3 is 10.3 Å². The fraction of sp³-hybridized carbons (Fsp3) is 0.462. The summed E-state index contributed by atoms with van der Waals surface area (Å²) >= 11 is 5.73. The lowest BCUT2D eigenvalue weighted by molar-refractivity contribution is 0.593. The van der Waals surface area contributed by atoms with E-state index < -0.39 is 5.82 Å². The van der Waals surface area contributed by atoms with E-state index >= 15 is 0 Å². The van der Waals surface area contributed by atoms with Crippen LogP contribution in [0.15, 0.2) is 12.1 Å². The van der Waals surface area contributed by atoms with E-state index in [0.717, 1.165) is 19.4 Å². The van der Waals surface area contributed by atoms with Crippen molar-refractivity contribution in [2.75, 3.05) is 5.73 Å². The molecule has 0 aliphatic rings. The highest BCUT2D eigenvalue weighted by atomic mass is 35.5. The monoisotopic (exact) mass is 269 g/mol. The van der Waals surface area contributed by atoms with E-state index in [-0.39, 0.29) is 5.02 Å². The van der Waals surface area contributed by atoms with Gasteiger partial charge in [0.05, 0.1) is 16.1 Å².